The first-order chi connectivity index (χ1) is 19.4. The number of aliphatic hydroxyl groups is 1. The molecule has 1 amide bonds. The second kappa shape index (κ2) is 11.8. The van der Waals surface area contributed by atoms with E-state index in [9.17, 15) is 14.7 Å². The SMILES string of the molecule is CCOc1ccc(/C(O)=C2/C(=O)C(=O)N(c3ccc(C)c(C)c3)C2c2ccc(N(CC)CC)cc2)cc1C(C)(C)C. The monoisotopic (exact) mass is 554 g/mol. The zero-order chi connectivity index (χ0) is 30.1. The van der Waals surface area contributed by atoms with E-state index in [1.54, 1.807) is 6.07 Å². The van der Waals surface area contributed by atoms with Crippen molar-refractivity contribution in [2.45, 2.75) is 66.8 Å². The molecule has 0 bridgehead atoms. The summed E-state index contributed by atoms with van der Waals surface area (Å²) in [6.07, 6.45) is 0. The first kappa shape index (κ1) is 29.9. The van der Waals surface area contributed by atoms with Gasteiger partial charge in [-0.2, -0.15) is 0 Å². The number of Topliss-reactive ketones (excluding diaryl/α,β-unsaturated/α-hetero) is 1. The summed E-state index contributed by atoms with van der Waals surface area (Å²) in [5, 5.41) is 11.8. The fourth-order valence-electron chi connectivity index (χ4n) is 5.45. The van der Waals surface area contributed by atoms with Gasteiger partial charge in [0.05, 0.1) is 18.2 Å². The minimum absolute atomic E-state index is 0.0767. The van der Waals surface area contributed by atoms with Gasteiger partial charge in [0.2, 0.25) is 0 Å². The van der Waals surface area contributed by atoms with Crippen LogP contribution < -0.4 is 14.5 Å². The van der Waals surface area contributed by atoms with Crippen molar-refractivity contribution >= 4 is 28.8 Å². The summed E-state index contributed by atoms with van der Waals surface area (Å²) >= 11 is 0. The van der Waals surface area contributed by atoms with Crippen LogP contribution in [-0.2, 0) is 15.0 Å². The van der Waals surface area contributed by atoms with Crippen LogP contribution in [0.5, 0.6) is 5.75 Å². The summed E-state index contributed by atoms with van der Waals surface area (Å²) in [4.78, 5) is 31.1. The molecule has 0 aliphatic carbocycles. The van der Waals surface area contributed by atoms with Crippen LogP contribution in [0.2, 0.25) is 0 Å². The molecule has 1 heterocycles. The summed E-state index contributed by atoms with van der Waals surface area (Å²) in [6.45, 7) is 18.6. The molecule has 1 N–H and O–H groups in total. The minimum atomic E-state index is -0.785. The Morgan fingerprint density at radius 2 is 1.56 bits per heavy atom. The number of benzene rings is 3. The van der Waals surface area contributed by atoms with Crippen molar-refractivity contribution in [2.24, 2.45) is 0 Å². The number of nitrogens with zero attached hydrogens (tertiary/aromatic N) is 2. The number of carbonyl (C=O) groups is 2. The van der Waals surface area contributed by atoms with Gasteiger partial charge in [0.25, 0.3) is 11.7 Å². The maximum atomic E-state index is 13.7. The highest BCUT2D eigenvalue weighted by atomic mass is 16.5. The largest absolute Gasteiger partial charge is 0.507 e. The summed E-state index contributed by atoms with van der Waals surface area (Å²) in [5.41, 5.74) is 5.72. The Balaban J connectivity index is 1.94. The van der Waals surface area contributed by atoms with Crippen molar-refractivity contribution in [1.82, 2.24) is 0 Å². The van der Waals surface area contributed by atoms with Gasteiger partial charge in [-0.3, -0.25) is 14.5 Å². The molecule has 6 heteroatoms. The molecule has 216 valence electrons. The van der Waals surface area contributed by atoms with E-state index in [1.807, 2.05) is 75.4 Å². The summed E-state index contributed by atoms with van der Waals surface area (Å²) in [7, 11) is 0. The Hall–Kier alpha value is -4.06. The van der Waals surface area contributed by atoms with Crippen LogP contribution in [0.4, 0.5) is 11.4 Å². The van der Waals surface area contributed by atoms with Crippen LogP contribution in [0.15, 0.2) is 66.2 Å². The van der Waals surface area contributed by atoms with Crippen molar-refractivity contribution in [1.29, 1.82) is 0 Å². The third kappa shape index (κ3) is 5.74. The van der Waals surface area contributed by atoms with Crippen molar-refractivity contribution in [3.8, 4) is 5.75 Å². The van der Waals surface area contributed by atoms with Crippen LogP contribution in [-0.4, -0.2) is 36.5 Å². The number of anilines is 2. The van der Waals surface area contributed by atoms with E-state index in [0.29, 0.717) is 17.9 Å². The van der Waals surface area contributed by atoms with Crippen LogP contribution >= 0.6 is 0 Å². The van der Waals surface area contributed by atoms with Crippen molar-refractivity contribution in [2.75, 3.05) is 29.5 Å². The number of amides is 1. The molecule has 1 saturated heterocycles. The Morgan fingerprint density at radius 1 is 0.902 bits per heavy atom. The Morgan fingerprint density at radius 3 is 2.12 bits per heavy atom. The lowest BCUT2D eigenvalue weighted by molar-refractivity contribution is -0.132. The zero-order valence-corrected chi connectivity index (χ0v) is 25.5. The number of aliphatic hydroxyl groups excluding tert-OH is 1. The zero-order valence-electron chi connectivity index (χ0n) is 25.5. The van der Waals surface area contributed by atoms with E-state index >= 15 is 0 Å². The van der Waals surface area contributed by atoms with Gasteiger partial charge in [0.15, 0.2) is 0 Å². The van der Waals surface area contributed by atoms with Crippen LogP contribution in [0, 0.1) is 13.8 Å². The van der Waals surface area contributed by atoms with E-state index < -0.39 is 17.7 Å². The molecule has 4 rings (SSSR count). The predicted molar refractivity (Wildman–Crippen MR) is 167 cm³/mol. The molecule has 3 aromatic carbocycles. The van der Waals surface area contributed by atoms with E-state index in [4.69, 9.17) is 4.74 Å². The van der Waals surface area contributed by atoms with E-state index in [2.05, 4.69) is 39.5 Å². The van der Waals surface area contributed by atoms with Crippen LogP contribution in [0.3, 0.4) is 0 Å². The van der Waals surface area contributed by atoms with Gasteiger partial charge in [-0.15, -0.1) is 0 Å². The number of hydrogen-bond donors (Lipinski definition) is 1. The van der Waals surface area contributed by atoms with Gasteiger partial charge in [-0.25, -0.2) is 0 Å². The van der Waals surface area contributed by atoms with E-state index in [0.717, 1.165) is 46.8 Å². The first-order valence-corrected chi connectivity index (χ1v) is 14.4. The number of aryl methyl sites for hydroxylation is 2. The van der Waals surface area contributed by atoms with Crippen LogP contribution in [0.25, 0.3) is 5.76 Å². The molecule has 0 aromatic heterocycles. The number of rotatable bonds is 8. The molecule has 41 heavy (non-hydrogen) atoms. The predicted octanol–water partition coefficient (Wildman–Crippen LogP) is 7.47. The fourth-order valence-corrected chi connectivity index (χ4v) is 5.45. The Kier molecular flexibility index (Phi) is 8.62. The lowest BCUT2D eigenvalue weighted by Gasteiger charge is -2.27. The van der Waals surface area contributed by atoms with Gasteiger partial charge in [-0.05, 0) is 99.2 Å². The highest BCUT2D eigenvalue weighted by Crippen LogP contribution is 2.44. The Labute approximate surface area is 244 Å². The van der Waals surface area contributed by atoms with Crippen molar-refractivity contribution in [3.63, 3.8) is 0 Å². The van der Waals surface area contributed by atoms with Gasteiger partial charge in [0.1, 0.15) is 11.5 Å². The second-order valence-corrected chi connectivity index (χ2v) is 11.6. The molecule has 3 aromatic rings. The molecule has 1 fully saturated rings. The van der Waals surface area contributed by atoms with Gasteiger partial charge < -0.3 is 14.7 Å². The molecule has 0 spiro atoms. The molecule has 1 aliphatic heterocycles. The molecular weight excluding hydrogens is 512 g/mol. The molecular formula is C35H42N2O4. The van der Waals surface area contributed by atoms with Gasteiger partial charge in [0, 0.05) is 35.6 Å². The normalized spacial score (nSPS) is 16.8. The maximum absolute atomic E-state index is 13.7. The number of ketones is 1. The number of carbonyl (C=O) groups excluding carboxylic acids is 2. The first-order valence-electron chi connectivity index (χ1n) is 14.4. The standard InChI is InChI=1S/C35H42N2O4/c1-9-36(10-2)26-17-13-24(14-18-26)31-30(33(39)34(40)37(31)27-16-12-22(4)23(5)20-27)32(38)25-15-19-29(41-11-3)28(21-25)35(6,7)8/h12-21,31,38H,9-11H2,1-8H3/b32-30-. The summed E-state index contributed by atoms with van der Waals surface area (Å²) in [6, 6.07) is 18.3. The molecule has 1 atom stereocenters. The quantitative estimate of drug-likeness (QED) is 0.178. The molecule has 6 nitrogen and oxygen atoms in total. The number of hydrogen-bond acceptors (Lipinski definition) is 5. The average molecular weight is 555 g/mol. The highest BCUT2D eigenvalue weighted by molar-refractivity contribution is 6.51. The fraction of sp³-hybridized carbons (Fsp3) is 0.371. The summed E-state index contributed by atoms with van der Waals surface area (Å²) in [5.74, 6) is -0.823. The molecule has 0 radical (unpaired) electrons. The van der Waals surface area contributed by atoms with Crippen molar-refractivity contribution < 1.29 is 19.4 Å². The van der Waals surface area contributed by atoms with Crippen LogP contribution in [0.1, 0.15) is 75.4 Å². The second-order valence-electron chi connectivity index (χ2n) is 11.6. The van der Waals surface area contributed by atoms with Gasteiger partial charge >= 0.3 is 0 Å². The van der Waals surface area contributed by atoms with Gasteiger partial charge in [-0.1, -0.05) is 39.0 Å². The lowest BCUT2D eigenvalue weighted by atomic mass is 9.84. The highest BCUT2D eigenvalue weighted by Gasteiger charge is 2.47. The Bertz CT molecular complexity index is 1480. The van der Waals surface area contributed by atoms with E-state index in [1.165, 1.54) is 4.90 Å². The topological polar surface area (TPSA) is 70.1 Å². The smallest absolute Gasteiger partial charge is 0.300 e. The average Bonchev–Trinajstić information content (AvgIpc) is 3.20. The van der Waals surface area contributed by atoms with E-state index in [-0.39, 0.29) is 16.7 Å². The molecule has 1 unspecified atom stereocenters. The maximum Gasteiger partial charge on any atom is 0.300 e. The molecule has 0 saturated carbocycles. The third-order valence-electron chi connectivity index (χ3n) is 7.91. The minimum Gasteiger partial charge on any atom is -0.507 e. The third-order valence-corrected chi connectivity index (χ3v) is 7.91. The summed E-state index contributed by atoms with van der Waals surface area (Å²) < 4.78 is 5.87. The number of ether oxygens (including phenoxy) is 1. The van der Waals surface area contributed by atoms with Crippen molar-refractivity contribution in [3.05, 3.63) is 94.1 Å². The lowest BCUT2D eigenvalue weighted by Crippen LogP contribution is -2.29. The molecule has 1 aliphatic rings.